The summed E-state index contributed by atoms with van der Waals surface area (Å²) in [6.45, 7) is 1.88. The molecule has 5 heteroatoms. The minimum absolute atomic E-state index is 0.479. The van der Waals surface area contributed by atoms with Crippen LogP contribution in [0.5, 0.6) is 0 Å². The fourth-order valence-corrected chi connectivity index (χ4v) is 0.815. The van der Waals surface area contributed by atoms with Crippen LogP contribution in [0.3, 0.4) is 0 Å². The number of carbonyl (C=O) groups excluding carboxylic acids is 1. The van der Waals surface area contributed by atoms with Crippen molar-refractivity contribution < 1.29 is 9.53 Å². The molecule has 1 aromatic heterocycles. The number of ether oxygens (including phenoxy) is 1. The van der Waals surface area contributed by atoms with E-state index >= 15 is 0 Å². The lowest BCUT2D eigenvalue weighted by Crippen LogP contribution is -2.22. The van der Waals surface area contributed by atoms with Crippen molar-refractivity contribution in [3.63, 3.8) is 0 Å². The highest BCUT2D eigenvalue weighted by molar-refractivity contribution is 5.67. The number of nitrogens with zero attached hydrogens (tertiary/aromatic N) is 3. The Kier molecular flexibility index (Phi) is 2.79. The Morgan fingerprint density at radius 3 is 3.00 bits per heavy atom. The first kappa shape index (κ1) is 9.44. The van der Waals surface area contributed by atoms with Gasteiger partial charge in [-0.2, -0.15) is 10.1 Å². The predicted molar refractivity (Wildman–Crippen MR) is 45.9 cm³/mol. The van der Waals surface area contributed by atoms with Crippen LogP contribution >= 0.6 is 0 Å². The van der Waals surface area contributed by atoms with Crippen molar-refractivity contribution in [3.8, 4) is 0 Å². The van der Waals surface area contributed by atoms with Crippen LogP contribution in [0.15, 0.2) is 17.3 Å². The summed E-state index contributed by atoms with van der Waals surface area (Å²) >= 11 is 0. The molecule has 0 fully saturated rings. The minimum Gasteiger partial charge on any atom is -0.451 e. The first-order valence-corrected chi connectivity index (χ1v) is 3.76. The van der Waals surface area contributed by atoms with Crippen molar-refractivity contribution in [1.29, 1.82) is 0 Å². The summed E-state index contributed by atoms with van der Waals surface area (Å²) < 4.78 is 5.91. The average molecular weight is 181 g/mol. The first-order chi connectivity index (χ1) is 6.13. The van der Waals surface area contributed by atoms with Gasteiger partial charge in [0.25, 0.3) is 0 Å². The third-order valence-electron chi connectivity index (χ3n) is 1.50. The number of aromatic nitrogens is 2. The Morgan fingerprint density at radius 2 is 2.38 bits per heavy atom. The quantitative estimate of drug-likeness (QED) is 0.582. The van der Waals surface area contributed by atoms with Crippen LogP contribution in [-0.4, -0.2) is 23.0 Å². The van der Waals surface area contributed by atoms with E-state index in [1.54, 1.807) is 19.3 Å². The molecule has 1 amide bonds. The molecular weight excluding hydrogens is 170 g/mol. The van der Waals surface area contributed by atoms with E-state index in [1.807, 2.05) is 6.92 Å². The van der Waals surface area contributed by atoms with Gasteiger partial charge in [0.15, 0.2) is 5.49 Å². The second-order valence-corrected chi connectivity index (χ2v) is 2.60. The van der Waals surface area contributed by atoms with Crippen molar-refractivity contribution >= 4 is 6.09 Å². The van der Waals surface area contributed by atoms with Crippen molar-refractivity contribution in [2.75, 3.05) is 7.11 Å². The molecule has 0 aliphatic heterocycles. The highest BCUT2D eigenvalue weighted by atomic mass is 16.5. The van der Waals surface area contributed by atoms with E-state index in [1.165, 1.54) is 11.8 Å². The number of hydrogen-bond acceptors (Lipinski definition) is 3. The summed E-state index contributed by atoms with van der Waals surface area (Å²) in [5.74, 6) is 0. The van der Waals surface area contributed by atoms with Crippen molar-refractivity contribution in [2.24, 2.45) is 12.0 Å². The van der Waals surface area contributed by atoms with Crippen LogP contribution in [0.4, 0.5) is 4.79 Å². The molecule has 70 valence electrons. The van der Waals surface area contributed by atoms with Crippen LogP contribution in [0, 0.1) is 6.92 Å². The number of aryl methyl sites for hydroxylation is 2. The molecule has 0 saturated carbocycles. The van der Waals surface area contributed by atoms with Gasteiger partial charge in [-0.25, -0.2) is 4.79 Å². The smallest absolute Gasteiger partial charge is 0.435 e. The van der Waals surface area contributed by atoms with E-state index in [2.05, 4.69) is 14.8 Å². The highest BCUT2D eigenvalue weighted by Crippen LogP contribution is 1.86. The zero-order chi connectivity index (χ0) is 9.84. The third-order valence-corrected chi connectivity index (χ3v) is 1.50. The summed E-state index contributed by atoms with van der Waals surface area (Å²) in [4.78, 5) is 14.5. The molecule has 0 spiro atoms. The predicted octanol–water partition coefficient (Wildman–Crippen LogP) is 0.396. The molecule has 0 saturated heterocycles. The first-order valence-electron chi connectivity index (χ1n) is 3.76. The Labute approximate surface area is 75.7 Å². The number of methoxy groups -OCH3 is 1. The van der Waals surface area contributed by atoms with Gasteiger partial charge in [0, 0.05) is 7.05 Å². The summed E-state index contributed by atoms with van der Waals surface area (Å²) in [6.07, 6.45) is 1.07. The average Bonchev–Trinajstić information content (AvgIpc) is 2.11. The van der Waals surface area contributed by atoms with Crippen LogP contribution < -0.4 is 5.49 Å². The molecule has 5 nitrogen and oxygen atoms in total. The van der Waals surface area contributed by atoms with Gasteiger partial charge < -0.3 is 4.74 Å². The molecule has 0 aliphatic carbocycles. The lowest BCUT2D eigenvalue weighted by molar-refractivity contribution is 0.181. The molecule has 0 bridgehead atoms. The second kappa shape index (κ2) is 3.84. The fraction of sp³-hybridized carbons (Fsp3) is 0.375. The molecule has 0 aliphatic rings. The van der Waals surface area contributed by atoms with Crippen LogP contribution in [0.2, 0.25) is 0 Å². The normalized spacial score (nSPS) is 11.5. The minimum atomic E-state index is -0.622. The second-order valence-electron chi connectivity index (χ2n) is 2.60. The Bertz CT molecular complexity index is 381. The number of rotatable bonds is 0. The van der Waals surface area contributed by atoms with E-state index in [0.717, 1.165) is 5.56 Å². The standard InChI is InChI=1S/C8H11N3O2/c1-6-4-7(10-8(12)13-3)11(2)9-5-6/h4-5H,1-3H3/b10-7-. The van der Waals surface area contributed by atoms with Gasteiger partial charge in [-0.05, 0) is 18.6 Å². The number of hydrogen-bond donors (Lipinski definition) is 0. The zero-order valence-corrected chi connectivity index (χ0v) is 7.81. The maximum Gasteiger partial charge on any atom is 0.435 e. The van der Waals surface area contributed by atoms with Gasteiger partial charge in [-0.1, -0.05) is 0 Å². The molecule has 1 heterocycles. The molecule has 1 aromatic rings. The van der Waals surface area contributed by atoms with E-state index in [4.69, 9.17) is 0 Å². The molecule has 0 atom stereocenters. The van der Waals surface area contributed by atoms with E-state index in [0.29, 0.717) is 5.49 Å². The maximum absolute atomic E-state index is 10.8. The largest absolute Gasteiger partial charge is 0.451 e. The molecule has 0 radical (unpaired) electrons. The Balaban J connectivity index is 3.20. The molecule has 13 heavy (non-hydrogen) atoms. The van der Waals surface area contributed by atoms with E-state index in [-0.39, 0.29) is 0 Å². The SMILES string of the molecule is COC(=O)/N=c1/cc(C)cnn1C. The van der Waals surface area contributed by atoms with Crippen LogP contribution in [0.1, 0.15) is 5.56 Å². The maximum atomic E-state index is 10.8. The summed E-state index contributed by atoms with van der Waals surface area (Å²) in [5, 5.41) is 3.98. The van der Waals surface area contributed by atoms with E-state index in [9.17, 15) is 4.79 Å². The highest BCUT2D eigenvalue weighted by Gasteiger charge is 1.96. The zero-order valence-electron chi connectivity index (χ0n) is 7.81. The van der Waals surface area contributed by atoms with Crippen molar-refractivity contribution in [2.45, 2.75) is 6.92 Å². The molecular formula is C8H11N3O2. The number of carbonyl (C=O) groups is 1. The van der Waals surface area contributed by atoms with Gasteiger partial charge >= 0.3 is 6.09 Å². The van der Waals surface area contributed by atoms with Crippen LogP contribution in [0.25, 0.3) is 0 Å². The van der Waals surface area contributed by atoms with Gasteiger partial charge in [0.2, 0.25) is 0 Å². The Hall–Kier alpha value is -1.65. The number of amides is 1. The fourth-order valence-electron chi connectivity index (χ4n) is 0.815. The van der Waals surface area contributed by atoms with Crippen molar-refractivity contribution in [1.82, 2.24) is 9.78 Å². The summed E-state index contributed by atoms with van der Waals surface area (Å²) in [5.41, 5.74) is 1.42. The third kappa shape index (κ3) is 2.40. The van der Waals surface area contributed by atoms with Gasteiger partial charge in [0.1, 0.15) is 0 Å². The van der Waals surface area contributed by atoms with Gasteiger partial charge in [-0.3, -0.25) is 4.68 Å². The summed E-state index contributed by atoms with van der Waals surface area (Å²) in [6, 6.07) is 1.75. The topological polar surface area (TPSA) is 56.5 Å². The molecule has 0 N–H and O–H groups in total. The van der Waals surface area contributed by atoms with Gasteiger partial charge in [0.05, 0.1) is 13.3 Å². The lowest BCUT2D eigenvalue weighted by Gasteiger charge is -1.98. The summed E-state index contributed by atoms with van der Waals surface area (Å²) in [7, 11) is 3.00. The van der Waals surface area contributed by atoms with Crippen LogP contribution in [-0.2, 0) is 11.8 Å². The van der Waals surface area contributed by atoms with Crippen molar-refractivity contribution in [3.05, 3.63) is 23.3 Å². The molecule has 0 aromatic carbocycles. The monoisotopic (exact) mass is 181 g/mol. The Morgan fingerprint density at radius 1 is 1.69 bits per heavy atom. The van der Waals surface area contributed by atoms with Gasteiger partial charge in [-0.15, -0.1) is 0 Å². The molecule has 1 rings (SSSR count). The molecule has 0 unspecified atom stereocenters. The lowest BCUT2D eigenvalue weighted by atomic mass is 10.3. The van der Waals surface area contributed by atoms with E-state index < -0.39 is 6.09 Å².